The van der Waals surface area contributed by atoms with Crippen LogP contribution in [-0.4, -0.2) is 0 Å². The average molecular weight is 1220 g/mol. The molecule has 0 aliphatic heterocycles. The van der Waals surface area contributed by atoms with E-state index in [9.17, 15) is 0 Å². The summed E-state index contributed by atoms with van der Waals surface area (Å²) in [5, 5.41) is 0. The monoisotopic (exact) mass is 1220 g/mol. The fourth-order valence-electron chi connectivity index (χ4n) is 11.8. The second kappa shape index (κ2) is 33.0. The maximum absolute atomic E-state index is 2.26. The summed E-state index contributed by atoms with van der Waals surface area (Å²) in [4.78, 5) is 0. The highest BCUT2D eigenvalue weighted by atomic mass is 14.1. The zero-order valence-corrected chi connectivity index (χ0v) is 55.0. The largest absolute Gasteiger partial charge is 0.0622 e. The number of rotatable bonds is 10. The Balaban J connectivity index is 0.000000121. The first-order valence-electron chi connectivity index (χ1n) is 32.8. The Morgan fingerprint density at radius 2 is 0.305 bits per heavy atom. The topological polar surface area (TPSA) is 0 Å². The van der Waals surface area contributed by atoms with Gasteiger partial charge in [-0.15, -0.1) is 0 Å². The summed E-state index contributed by atoms with van der Waals surface area (Å²) in [5.74, 6) is 0. The second-order valence-electron chi connectivity index (χ2n) is 23.9. The third kappa shape index (κ3) is 18.1. The average Bonchev–Trinajstić information content (AvgIpc) is 1.12. The van der Waals surface area contributed by atoms with Crippen molar-refractivity contribution in [3.05, 3.63) is 422 Å². The lowest BCUT2D eigenvalue weighted by atomic mass is 9.94. The van der Waals surface area contributed by atoms with Crippen LogP contribution in [0.4, 0.5) is 0 Å². The first kappa shape index (κ1) is 64.8. The van der Waals surface area contributed by atoms with E-state index in [0.29, 0.717) is 0 Å². The molecule has 0 aliphatic rings. The minimum atomic E-state index is 1.26. The predicted molar refractivity (Wildman–Crippen MR) is 410 cm³/mol. The molecule has 0 heteroatoms. The van der Waals surface area contributed by atoms with Gasteiger partial charge in [-0.25, -0.2) is 0 Å². The van der Waals surface area contributed by atoms with Gasteiger partial charge in [0.15, 0.2) is 0 Å². The lowest BCUT2D eigenvalue weighted by Gasteiger charge is -2.10. The van der Waals surface area contributed by atoms with Crippen LogP contribution in [0.3, 0.4) is 0 Å². The zero-order chi connectivity index (χ0) is 65.4. The molecule has 0 nitrogen and oxygen atoms in total. The fraction of sp³-hybridized carbons (Fsp3) is 0.0526. The number of hydrogen-bond donors (Lipinski definition) is 0. The van der Waals surface area contributed by atoms with E-state index in [1.165, 1.54) is 139 Å². The van der Waals surface area contributed by atoms with Crippen LogP contribution in [0.1, 0.15) is 27.8 Å². The van der Waals surface area contributed by atoms with Crippen LogP contribution in [0.2, 0.25) is 0 Å². The van der Waals surface area contributed by atoms with Crippen LogP contribution in [0.15, 0.2) is 394 Å². The summed E-state index contributed by atoms with van der Waals surface area (Å²) < 4.78 is 0. The van der Waals surface area contributed by atoms with Crippen molar-refractivity contribution >= 4 is 0 Å². The van der Waals surface area contributed by atoms with Crippen LogP contribution in [0.5, 0.6) is 0 Å². The van der Waals surface area contributed by atoms with Gasteiger partial charge in [-0.1, -0.05) is 399 Å². The number of hydrogen-bond acceptors (Lipinski definition) is 0. The van der Waals surface area contributed by atoms with E-state index in [0.717, 1.165) is 0 Å². The third-order valence-corrected chi connectivity index (χ3v) is 16.9. The highest BCUT2D eigenvalue weighted by molar-refractivity contribution is 5.84. The smallest absolute Gasteiger partial charge is 0.0105 e. The molecule has 0 bridgehead atoms. The van der Waals surface area contributed by atoms with E-state index in [1.807, 2.05) is 18.2 Å². The lowest BCUT2D eigenvalue weighted by molar-refractivity contribution is 1.46. The van der Waals surface area contributed by atoms with Crippen LogP contribution in [-0.2, 0) is 0 Å². The summed E-state index contributed by atoms with van der Waals surface area (Å²) in [6, 6.07) is 139. The minimum absolute atomic E-state index is 1.26. The summed E-state index contributed by atoms with van der Waals surface area (Å²) in [7, 11) is 0. The van der Waals surface area contributed by atoms with Crippen molar-refractivity contribution in [2.24, 2.45) is 0 Å². The summed E-state index contributed by atoms with van der Waals surface area (Å²) >= 11 is 0. The molecule has 0 saturated carbocycles. The third-order valence-electron chi connectivity index (χ3n) is 16.9. The molecule has 0 spiro atoms. The Kier molecular flexibility index (Phi) is 22.5. The molecule has 0 aromatic heterocycles. The molecule has 0 unspecified atom stereocenters. The lowest BCUT2D eigenvalue weighted by Crippen LogP contribution is -1.85. The van der Waals surface area contributed by atoms with E-state index in [4.69, 9.17) is 0 Å². The fourth-order valence-corrected chi connectivity index (χ4v) is 11.8. The van der Waals surface area contributed by atoms with Crippen molar-refractivity contribution in [3.8, 4) is 111 Å². The normalized spacial score (nSPS) is 10.4. The van der Waals surface area contributed by atoms with Gasteiger partial charge >= 0.3 is 0 Å². The summed E-state index contributed by atoms with van der Waals surface area (Å²) in [6.45, 7) is 10.7. The predicted octanol–water partition coefficient (Wildman–Crippen LogP) is 26.6. The van der Waals surface area contributed by atoms with E-state index in [2.05, 4.69) is 411 Å². The van der Waals surface area contributed by atoms with Gasteiger partial charge < -0.3 is 0 Å². The van der Waals surface area contributed by atoms with E-state index < -0.39 is 0 Å². The van der Waals surface area contributed by atoms with Gasteiger partial charge in [-0.05, 0) is 169 Å². The van der Waals surface area contributed by atoms with Crippen LogP contribution in [0, 0.1) is 34.6 Å². The molecule has 0 radical (unpaired) electrons. The molecular formula is C95H80. The maximum Gasteiger partial charge on any atom is -0.0105 e. The number of benzene rings is 15. The van der Waals surface area contributed by atoms with Gasteiger partial charge in [-0.2, -0.15) is 0 Å². The Labute approximate surface area is 564 Å². The Hall–Kier alpha value is -11.7. The quantitative estimate of drug-likeness (QED) is 0.128. The molecule has 0 heterocycles. The van der Waals surface area contributed by atoms with Gasteiger partial charge in [0.05, 0.1) is 0 Å². The molecule has 460 valence electrons. The van der Waals surface area contributed by atoms with Gasteiger partial charge in [0.1, 0.15) is 0 Å². The van der Waals surface area contributed by atoms with E-state index in [-0.39, 0.29) is 0 Å². The van der Waals surface area contributed by atoms with Crippen LogP contribution < -0.4 is 0 Å². The van der Waals surface area contributed by atoms with E-state index in [1.54, 1.807) is 0 Å². The first-order chi connectivity index (χ1) is 46.7. The van der Waals surface area contributed by atoms with Gasteiger partial charge in [0.2, 0.25) is 0 Å². The Bertz CT molecular complexity index is 4820. The standard InChI is InChI=1S/5C19H16/c1-15-7-5-10-17(13-15)19-12-6-11-18(14-19)16-8-3-2-4-9-16;1-15-8-7-11-17(14-15)19-13-6-5-12-18(19)16-9-3-2-4-10-16;1-15-8-5-6-13-19(15)18-12-7-11-17(14-18)16-9-3-2-4-10-16;1-15-7-5-6-10-19(15)18-13-11-17(12-14-18)16-8-3-2-4-9-16;1-15-6-5-9-19(14-15)18-12-10-17(11-13-18)16-7-3-2-4-8-16/h5*2-14H,1H3. The van der Waals surface area contributed by atoms with Crippen molar-refractivity contribution in [1.82, 2.24) is 0 Å². The Morgan fingerprint density at radius 1 is 0.116 bits per heavy atom. The van der Waals surface area contributed by atoms with Crippen LogP contribution >= 0.6 is 0 Å². The molecular weight excluding hydrogens is 1140 g/mol. The Morgan fingerprint density at radius 3 is 0.684 bits per heavy atom. The number of aryl methyl sites for hydroxylation is 5. The molecule has 0 aliphatic carbocycles. The second-order valence-corrected chi connectivity index (χ2v) is 23.9. The van der Waals surface area contributed by atoms with E-state index >= 15 is 0 Å². The van der Waals surface area contributed by atoms with Crippen molar-refractivity contribution in [2.45, 2.75) is 34.6 Å². The SMILES string of the molecule is Cc1cccc(-c2ccc(-c3ccccc3)cc2)c1.Cc1cccc(-c2cccc(-c3ccccc3)c2)c1.Cc1cccc(-c2ccccc2-c2ccccc2)c1.Cc1ccccc1-c1ccc(-c2ccccc2)cc1.Cc1ccccc1-c1cccc(-c2ccccc2)c1. The minimum Gasteiger partial charge on any atom is -0.0622 e. The van der Waals surface area contributed by atoms with Gasteiger partial charge in [-0.3, -0.25) is 0 Å². The van der Waals surface area contributed by atoms with Gasteiger partial charge in [0, 0.05) is 0 Å². The highest BCUT2D eigenvalue weighted by Gasteiger charge is 2.09. The summed E-state index contributed by atoms with van der Waals surface area (Å²) in [6.07, 6.45) is 0. The maximum atomic E-state index is 2.26. The molecule has 15 rings (SSSR count). The molecule has 15 aromatic rings. The van der Waals surface area contributed by atoms with Crippen LogP contribution in [0.25, 0.3) is 111 Å². The van der Waals surface area contributed by atoms with Crippen molar-refractivity contribution in [1.29, 1.82) is 0 Å². The molecule has 0 saturated heterocycles. The van der Waals surface area contributed by atoms with Crippen molar-refractivity contribution < 1.29 is 0 Å². The molecule has 0 atom stereocenters. The molecule has 0 fully saturated rings. The molecule has 95 heavy (non-hydrogen) atoms. The molecule has 0 N–H and O–H groups in total. The highest BCUT2D eigenvalue weighted by Crippen LogP contribution is 2.34. The summed E-state index contributed by atoms with van der Waals surface area (Å²) in [5.41, 5.74) is 32.0. The zero-order valence-electron chi connectivity index (χ0n) is 55.0. The molecule has 15 aromatic carbocycles. The first-order valence-corrected chi connectivity index (χ1v) is 32.8. The molecule has 0 amide bonds. The van der Waals surface area contributed by atoms with Crippen molar-refractivity contribution in [2.75, 3.05) is 0 Å². The van der Waals surface area contributed by atoms with Crippen molar-refractivity contribution in [3.63, 3.8) is 0 Å². The van der Waals surface area contributed by atoms with Gasteiger partial charge in [0.25, 0.3) is 0 Å².